The van der Waals surface area contributed by atoms with Crippen molar-refractivity contribution >= 4 is 0 Å². The zero-order valence-electron chi connectivity index (χ0n) is 9.93. The molecule has 5 heteroatoms. The third-order valence-electron chi connectivity index (χ3n) is 3.49. The standard InChI is InChI=1S/C12H15N3O2/c1-7-5-13-12(16)9-6-14-15(11(7)9)10-3-4-17-8(10)2/h5-6,8,10,14H,3-4H2,1-2H3/t8-,10+/m0/s1. The van der Waals surface area contributed by atoms with Crippen LogP contribution >= 0.6 is 0 Å². The van der Waals surface area contributed by atoms with Crippen LogP contribution < -0.4 is 5.56 Å². The van der Waals surface area contributed by atoms with Crippen LogP contribution in [0.25, 0.3) is 11.3 Å². The number of hydrogen-bond donors (Lipinski definition) is 1. The molecule has 1 N–H and O–H groups in total. The average Bonchev–Trinajstić information content (AvgIpc) is 2.89. The highest BCUT2D eigenvalue weighted by molar-refractivity contribution is 5.62. The van der Waals surface area contributed by atoms with E-state index in [4.69, 9.17) is 4.74 Å². The molecule has 2 atom stereocenters. The van der Waals surface area contributed by atoms with Crippen molar-refractivity contribution in [2.75, 3.05) is 6.61 Å². The van der Waals surface area contributed by atoms with Gasteiger partial charge in [-0.15, -0.1) is 0 Å². The molecule has 5 nitrogen and oxygen atoms in total. The Labute approximate surface area is 98.8 Å². The second kappa shape index (κ2) is 3.70. The molecule has 3 aliphatic heterocycles. The number of H-pyrrole nitrogens is 1. The van der Waals surface area contributed by atoms with Crippen molar-refractivity contribution in [2.45, 2.75) is 32.4 Å². The SMILES string of the molecule is Cc1cnc(=O)c2c[nH]n([C@@H]3CCO[C@H]3C)c1-2. The van der Waals surface area contributed by atoms with E-state index in [0.29, 0.717) is 5.56 Å². The summed E-state index contributed by atoms with van der Waals surface area (Å²) in [5, 5.41) is 3.16. The van der Waals surface area contributed by atoms with E-state index in [2.05, 4.69) is 17.0 Å². The molecule has 90 valence electrons. The predicted octanol–water partition coefficient (Wildman–Crippen LogP) is 1.33. The van der Waals surface area contributed by atoms with Gasteiger partial charge in [-0.25, -0.2) is 4.98 Å². The van der Waals surface area contributed by atoms with Crippen molar-refractivity contribution in [2.24, 2.45) is 0 Å². The highest BCUT2D eigenvalue weighted by atomic mass is 16.5. The first-order valence-electron chi connectivity index (χ1n) is 5.85. The van der Waals surface area contributed by atoms with Gasteiger partial charge in [-0.1, -0.05) is 0 Å². The highest BCUT2D eigenvalue weighted by Crippen LogP contribution is 2.31. The molecule has 0 aromatic heterocycles. The number of rotatable bonds is 1. The summed E-state index contributed by atoms with van der Waals surface area (Å²) in [6.45, 7) is 4.80. The number of hydrogen-bond acceptors (Lipinski definition) is 3. The van der Waals surface area contributed by atoms with Crippen molar-refractivity contribution < 1.29 is 4.74 Å². The molecule has 0 unspecified atom stereocenters. The molecule has 0 aromatic rings. The predicted molar refractivity (Wildman–Crippen MR) is 63.3 cm³/mol. The fraction of sp³-hybridized carbons (Fsp3) is 0.500. The molecule has 3 rings (SSSR count). The molecule has 1 fully saturated rings. The fourth-order valence-electron chi connectivity index (χ4n) is 2.57. The quantitative estimate of drug-likeness (QED) is 0.808. The van der Waals surface area contributed by atoms with Crippen molar-refractivity contribution in [3.63, 3.8) is 0 Å². The summed E-state index contributed by atoms with van der Waals surface area (Å²) in [7, 11) is 0. The summed E-state index contributed by atoms with van der Waals surface area (Å²) in [4.78, 5) is 15.5. The molecule has 3 heterocycles. The maximum atomic E-state index is 11.7. The number of aromatic nitrogens is 3. The Hall–Kier alpha value is -1.62. The van der Waals surface area contributed by atoms with Crippen LogP contribution in [0, 0.1) is 6.92 Å². The van der Waals surface area contributed by atoms with Crippen LogP contribution in [-0.2, 0) is 4.74 Å². The first-order chi connectivity index (χ1) is 8.18. The number of nitrogens with one attached hydrogen (secondary N) is 1. The first kappa shape index (κ1) is 10.5. The second-order valence-corrected chi connectivity index (χ2v) is 4.58. The number of aromatic amines is 1. The minimum atomic E-state index is -0.174. The van der Waals surface area contributed by atoms with E-state index >= 15 is 0 Å². The molecular formula is C12H15N3O2. The molecule has 3 aliphatic rings. The number of nitrogens with zero attached hydrogens (tertiary/aromatic N) is 2. The molecule has 0 spiro atoms. The lowest BCUT2D eigenvalue weighted by Crippen LogP contribution is -2.20. The summed E-state index contributed by atoms with van der Waals surface area (Å²) in [5.74, 6) is 0. The number of pyridine rings is 1. The molecule has 1 saturated heterocycles. The molecule has 0 bridgehead atoms. The van der Waals surface area contributed by atoms with Crippen LogP contribution in [-0.4, -0.2) is 27.5 Å². The Morgan fingerprint density at radius 3 is 3.12 bits per heavy atom. The van der Waals surface area contributed by atoms with Gasteiger partial charge in [0, 0.05) is 19.0 Å². The summed E-state index contributed by atoms with van der Waals surface area (Å²) in [6, 6.07) is 0.271. The average molecular weight is 233 g/mol. The van der Waals surface area contributed by atoms with E-state index in [1.54, 1.807) is 12.4 Å². The first-order valence-corrected chi connectivity index (χ1v) is 5.85. The van der Waals surface area contributed by atoms with Crippen LogP contribution in [0.3, 0.4) is 0 Å². The van der Waals surface area contributed by atoms with Crippen molar-refractivity contribution in [1.29, 1.82) is 0 Å². The lowest BCUT2D eigenvalue weighted by molar-refractivity contribution is 0.105. The number of fused-ring (bicyclic) bond motifs is 1. The minimum Gasteiger partial charge on any atom is -0.376 e. The topological polar surface area (TPSA) is 59.9 Å². The molecule has 0 radical (unpaired) electrons. The van der Waals surface area contributed by atoms with Crippen molar-refractivity contribution in [3.05, 3.63) is 28.3 Å². The Bertz CT molecular complexity index is 572. The van der Waals surface area contributed by atoms with Gasteiger partial charge < -0.3 is 9.84 Å². The Balaban J connectivity index is 2.17. The van der Waals surface area contributed by atoms with Gasteiger partial charge in [0.1, 0.15) is 0 Å². The van der Waals surface area contributed by atoms with Gasteiger partial charge >= 0.3 is 0 Å². The van der Waals surface area contributed by atoms with Gasteiger partial charge in [0.15, 0.2) is 0 Å². The van der Waals surface area contributed by atoms with E-state index < -0.39 is 0 Å². The highest BCUT2D eigenvalue weighted by Gasteiger charge is 2.29. The van der Waals surface area contributed by atoms with Gasteiger partial charge in [-0.3, -0.25) is 9.48 Å². The zero-order chi connectivity index (χ0) is 12.0. The van der Waals surface area contributed by atoms with Gasteiger partial charge in [0.25, 0.3) is 5.56 Å². The van der Waals surface area contributed by atoms with E-state index in [1.807, 2.05) is 11.6 Å². The van der Waals surface area contributed by atoms with Crippen LogP contribution in [0.15, 0.2) is 17.2 Å². The molecule has 0 aromatic carbocycles. The van der Waals surface area contributed by atoms with Crippen LogP contribution in [0.2, 0.25) is 0 Å². The zero-order valence-corrected chi connectivity index (χ0v) is 9.93. The van der Waals surface area contributed by atoms with E-state index in [-0.39, 0.29) is 17.7 Å². The molecule has 0 aliphatic carbocycles. The monoisotopic (exact) mass is 233 g/mol. The maximum absolute atomic E-state index is 11.7. The van der Waals surface area contributed by atoms with Gasteiger partial charge in [0.05, 0.1) is 23.4 Å². The van der Waals surface area contributed by atoms with Gasteiger partial charge in [-0.05, 0) is 25.8 Å². The summed E-state index contributed by atoms with van der Waals surface area (Å²) in [6.07, 6.45) is 4.51. The lowest BCUT2D eigenvalue weighted by Gasteiger charge is -2.19. The van der Waals surface area contributed by atoms with E-state index in [1.165, 1.54) is 0 Å². The molecule has 0 amide bonds. The summed E-state index contributed by atoms with van der Waals surface area (Å²) in [5.41, 5.74) is 2.45. The third-order valence-corrected chi connectivity index (χ3v) is 3.49. The van der Waals surface area contributed by atoms with Crippen LogP contribution in [0.1, 0.15) is 24.9 Å². The Morgan fingerprint density at radius 1 is 1.59 bits per heavy atom. The minimum absolute atomic E-state index is 0.171. The smallest absolute Gasteiger partial charge is 0.280 e. The van der Waals surface area contributed by atoms with Crippen molar-refractivity contribution in [3.8, 4) is 11.3 Å². The maximum Gasteiger partial charge on any atom is 0.280 e. The number of ether oxygens (including phenoxy) is 1. The van der Waals surface area contributed by atoms with Gasteiger partial charge in [0.2, 0.25) is 0 Å². The Morgan fingerprint density at radius 2 is 2.41 bits per heavy atom. The molecule has 0 saturated carbocycles. The number of aryl methyl sites for hydroxylation is 1. The lowest BCUT2D eigenvalue weighted by atomic mass is 10.1. The normalized spacial score (nSPS) is 24.6. The van der Waals surface area contributed by atoms with E-state index in [9.17, 15) is 4.79 Å². The van der Waals surface area contributed by atoms with Crippen molar-refractivity contribution in [1.82, 2.24) is 14.8 Å². The summed E-state index contributed by atoms with van der Waals surface area (Å²) >= 11 is 0. The molecular weight excluding hydrogens is 218 g/mol. The third kappa shape index (κ3) is 1.50. The summed E-state index contributed by atoms with van der Waals surface area (Å²) < 4.78 is 7.62. The van der Waals surface area contributed by atoms with E-state index in [0.717, 1.165) is 24.3 Å². The largest absolute Gasteiger partial charge is 0.376 e. The second-order valence-electron chi connectivity index (χ2n) is 4.58. The van der Waals surface area contributed by atoms with Gasteiger partial charge in [-0.2, -0.15) is 0 Å². The fourth-order valence-corrected chi connectivity index (χ4v) is 2.57. The molecule has 17 heavy (non-hydrogen) atoms. The van der Waals surface area contributed by atoms with Crippen LogP contribution in [0.4, 0.5) is 0 Å². The Kier molecular flexibility index (Phi) is 2.29. The van der Waals surface area contributed by atoms with Crippen LogP contribution in [0.5, 0.6) is 0 Å².